The molecule has 0 aliphatic heterocycles. The predicted octanol–water partition coefficient (Wildman–Crippen LogP) is 2.71. The molecule has 0 heterocycles. The summed E-state index contributed by atoms with van der Waals surface area (Å²) < 4.78 is 0. The molecule has 1 nitrogen and oxygen atoms in total. The molecule has 0 fully saturated rings. The van der Waals surface area contributed by atoms with Crippen molar-refractivity contribution in [3.05, 3.63) is 29.3 Å². The van der Waals surface area contributed by atoms with Crippen molar-refractivity contribution in [3.8, 4) is 0 Å². The zero-order valence-electron chi connectivity index (χ0n) is 10.9. The maximum atomic E-state index is 2.27. The summed E-state index contributed by atoms with van der Waals surface area (Å²) in [5.74, 6) is 1.21. The topological polar surface area (TPSA) is 4.44 Å². The van der Waals surface area contributed by atoms with E-state index < -0.39 is 0 Å². The smallest absolute Gasteiger partial charge is 0.137 e. The van der Waals surface area contributed by atoms with Crippen molar-refractivity contribution in [2.45, 2.75) is 39.5 Å². The van der Waals surface area contributed by atoms with Crippen LogP contribution in [0.3, 0.4) is 0 Å². The van der Waals surface area contributed by atoms with Crippen LogP contribution >= 0.6 is 0 Å². The lowest BCUT2D eigenvalue weighted by Crippen LogP contribution is -3.00. The third-order valence-electron chi connectivity index (χ3n) is 2.87. The van der Waals surface area contributed by atoms with E-state index in [4.69, 9.17) is 0 Å². The van der Waals surface area contributed by atoms with Gasteiger partial charge in [0.1, 0.15) is 5.69 Å². The molecule has 0 saturated heterocycles. The molecule has 0 atom stereocenters. The highest BCUT2D eigenvalue weighted by molar-refractivity contribution is 5.50. The summed E-state index contributed by atoms with van der Waals surface area (Å²) in [6, 6.07) is 6.72. The number of hydrogen-bond acceptors (Lipinski definition) is 0. The highest BCUT2D eigenvalue weighted by atomic mass is 15.1. The van der Waals surface area contributed by atoms with E-state index >= 15 is 0 Å². The molecule has 0 radical (unpaired) electrons. The zero-order valence-corrected chi connectivity index (χ0v) is 10.9. The minimum absolute atomic E-state index is 0.605. The molecule has 0 aliphatic rings. The summed E-state index contributed by atoms with van der Waals surface area (Å²) in [5, 5.41) is 0. The van der Waals surface area contributed by atoms with E-state index in [-0.39, 0.29) is 0 Å². The summed E-state index contributed by atoms with van der Waals surface area (Å²) in [5.41, 5.74) is 4.46. The quantitative estimate of drug-likeness (QED) is 0.775. The van der Waals surface area contributed by atoms with Gasteiger partial charge in [0, 0.05) is 11.1 Å². The molecule has 0 spiro atoms. The van der Waals surface area contributed by atoms with Crippen molar-refractivity contribution in [1.29, 1.82) is 0 Å². The van der Waals surface area contributed by atoms with E-state index in [2.05, 4.69) is 60.0 Å². The van der Waals surface area contributed by atoms with Crippen LogP contribution in [-0.4, -0.2) is 14.1 Å². The zero-order chi connectivity index (χ0) is 11.6. The van der Waals surface area contributed by atoms with Gasteiger partial charge in [0.15, 0.2) is 0 Å². The predicted molar refractivity (Wildman–Crippen MR) is 67.1 cm³/mol. The molecular formula is C14H24N+. The summed E-state index contributed by atoms with van der Waals surface area (Å²) in [6.45, 7) is 9.08. The van der Waals surface area contributed by atoms with Crippen LogP contribution in [0.1, 0.15) is 50.7 Å². The molecule has 0 aliphatic carbocycles. The second-order valence-electron chi connectivity index (χ2n) is 5.12. The van der Waals surface area contributed by atoms with Crippen molar-refractivity contribution >= 4 is 5.69 Å². The Morgan fingerprint density at radius 3 is 1.53 bits per heavy atom. The lowest BCUT2D eigenvalue weighted by molar-refractivity contribution is -0.787. The maximum absolute atomic E-state index is 2.27. The standard InChI is InChI=1S/C14H23N/c1-10(2)12-8-7-9-13(11(3)4)14(12)15(5)6/h7-11H,1-6H3/p+1. The van der Waals surface area contributed by atoms with Gasteiger partial charge in [-0.2, -0.15) is 0 Å². The Bertz CT molecular complexity index is 298. The molecule has 0 unspecified atom stereocenters. The van der Waals surface area contributed by atoms with Crippen molar-refractivity contribution in [2.24, 2.45) is 0 Å². The van der Waals surface area contributed by atoms with Crippen LogP contribution in [0.4, 0.5) is 5.69 Å². The lowest BCUT2D eigenvalue weighted by Gasteiger charge is -2.20. The number of rotatable bonds is 3. The summed E-state index contributed by atoms with van der Waals surface area (Å²) in [4.78, 5) is 1.43. The van der Waals surface area contributed by atoms with Crippen LogP contribution in [0.25, 0.3) is 0 Å². The van der Waals surface area contributed by atoms with Gasteiger partial charge in [-0.1, -0.05) is 45.9 Å². The second-order valence-corrected chi connectivity index (χ2v) is 5.12. The van der Waals surface area contributed by atoms with Gasteiger partial charge < -0.3 is 4.90 Å². The fourth-order valence-electron chi connectivity index (χ4n) is 2.13. The van der Waals surface area contributed by atoms with E-state index in [0.29, 0.717) is 11.8 Å². The summed E-state index contributed by atoms with van der Waals surface area (Å²) >= 11 is 0. The van der Waals surface area contributed by atoms with E-state index in [0.717, 1.165) is 0 Å². The first-order chi connectivity index (χ1) is 6.95. The van der Waals surface area contributed by atoms with Crippen LogP contribution in [0.2, 0.25) is 0 Å². The van der Waals surface area contributed by atoms with Crippen LogP contribution in [0.15, 0.2) is 18.2 Å². The number of para-hydroxylation sites is 1. The van der Waals surface area contributed by atoms with Crippen LogP contribution in [0, 0.1) is 0 Å². The molecule has 84 valence electrons. The van der Waals surface area contributed by atoms with Gasteiger partial charge in [0.25, 0.3) is 0 Å². The fourth-order valence-corrected chi connectivity index (χ4v) is 2.13. The lowest BCUT2D eigenvalue weighted by atomic mass is 9.92. The second kappa shape index (κ2) is 4.80. The van der Waals surface area contributed by atoms with Crippen molar-refractivity contribution in [1.82, 2.24) is 0 Å². The number of nitrogens with one attached hydrogen (secondary N) is 1. The molecule has 15 heavy (non-hydrogen) atoms. The molecule has 0 saturated carbocycles. The summed E-state index contributed by atoms with van der Waals surface area (Å²) in [6.07, 6.45) is 0. The van der Waals surface area contributed by atoms with Crippen LogP contribution in [0.5, 0.6) is 0 Å². The first kappa shape index (κ1) is 12.3. The Morgan fingerprint density at radius 2 is 1.27 bits per heavy atom. The Labute approximate surface area is 94.1 Å². The minimum atomic E-state index is 0.605. The fraction of sp³-hybridized carbons (Fsp3) is 0.571. The van der Waals surface area contributed by atoms with Crippen molar-refractivity contribution in [3.63, 3.8) is 0 Å². The molecule has 0 amide bonds. The van der Waals surface area contributed by atoms with Gasteiger partial charge in [-0.3, -0.25) is 0 Å². The number of hydrogen-bond donors (Lipinski definition) is 1. The molecule has 1 heteroatoms. The summed E-state index contributed by atoms with van der Waals surface area (Å²) in [7, 11) is 4.43. The Hall–Kier alpha value is -0.820. The van der Waals surface area contributed by atoms with Crippen LogP contribution < -0.4 is 4.90 Å². The molecule has 0 bridgehead atoms. The maximum Gasteiger partial charge on any atom is 0.137 e. The van der Waals surface area contributed by atoms with Crippen molar-refractivity contribution in [2.75, 3.05) is 14.1 Å². The molecule has 1 rings (SSSR count). The van der Waals surface area contributed by atoms with Crippen molar-refractivity contribution < 1.29 is 4.90 Å². The van der Waals surface area contributed by atoms with Gasteiger partial charge in [-0.05, 0) is 11.8 Å². The third-order valence-corrected chi connectivity index (χ3v) is 2.87. The minimum Gasteiger partial charge on any atom is -0.307 e. The number of benzene rings is 1. The molecule has 0 aromatic heterocycles. The monoisotopic (exact) mass is 206 g/mol. The Kier molecular flexibility index (Phi) is 3.92. The SMILES string of the molecule is CC(C)c1cccc(C(C)C)c1[NH+](C)C. The van der Waals surface area contributed by atoms with E-state index in [1.165, 1.54) is 21.7 Å². The number of quaternary nitrogens is 1. The first-order valence-corrected chi connectivity index (χ1v) is 5.88. The highest BCUT2D eigenvalue weighted by Crippen LogP contribution is 2.29. The molecule has 1 N–H and O–H groups in total. The first-order valence-electron chi connectivity index (χ1n) is 5.88. The largest absolute Gasteiger partial charge is 0.307 e. The molecule has 1 aromatic rings. The van der Waals surface area contributed by atoms with Gasteiger partial charge in [-0.15, -0.1) is 0 Å². The average Bonchev–Trinajstić information content (AvgIpc) is 2.16. The highest BCUT2D eigenvalue weighted by Gasteiger charge is 2.18. The van der Waals surface area contributed by atoms with E-state index in [1.54, 1.807) is 0 Å². The average molecular weight is 206 g/mol. The third kappa shape index (κ3) is 2.60. The molecular weight excluding hydrogens is 182 g/mol. The van der Waals surface area contributed by atoms with Gasteiger partial charge in [0.05, 0.1) is 14.1 Å². The Morgan fingerprint density at radius 1 is 0.867 bits per heavy atom. The van der Waals surface area contributed by atoms with Crippen LogP contribution in [-0.2, 0) is 0 Å². The van der Waals surface area contributed by atoms with E-state index in [1.807, 2.05) is 0 Å². The van der Waals surface area contributed by atoms with Gasteiger partial charge in [-0.25, -0.2) is 0 Å². The van der Waals surface area contributed by atoms with Gasteiger partial charge >= 0.3 is 0 Å². The molecule has 1 aromatic carbocycles. The normalized spacial score (nSPS) is 11.8. The van der Waals surface area contributed by atoms with E-state index in [9.17, 15) is 0 Å². The van der Waals surface area contributed by atoms with Gasteiger partial charge in [0.2, 0.25) is 0 Å². The Balaban J connectivity index is 3.35.